The van der Waals surface area contributed by atoms with Crippen molar-refractivity contribution in [1.82, 2.24) is 5.32 Å². The molecule has 45 heavy (non-hydrogen) atoms. The average Bonchev–Trinajstić information content (AvgIpc) is 2.95. The zero-order valence-corrected chi connectivity index (χ0v) is 23.7. The highest BCUT2D eigenvalue weighted by molar-refractivity contribution is 8.00. The molecule has 0 amide bonds. The molecule has 2 atom stereocenters. The van der Waals surface area contributed by atoms with Gasteiger partial charge in [-0.1, -0.05) is 48.5 Å². The summed E-state index contributed by atoms with van der Waals surface area (Å²) in [6.07, 6.45) is -10.6. The highest BCUT2D eigenvalue weighted by atomic mass is 32.2. The third-order valence-electron chi connectivity index (χ3n) is 6.32. The summed E-state index contributed by atoms with van der Waals surface area (Å²) in [6.45, 7) is -0.206. The molecule has 4 aromatic carbocycles. The average molecular weight is 662 g/mol. The highest BCUT2D eigenvalue weighted by Crippen LogP contribution is 2.38. The van der Waals surface area contributed by atoms with Gasteiger partial charge in [-0.05, 0) is 82.5 Å². The molecular weight excluding hydrogens is 637 g/mol. The zero-order valence-electron chi connectivity index (χ0n) is 22.9. The first kappa shape index (κ1) is 34.0. The van der Waals surface area contributed by atoms with Crippen LogP contribution >= 0.6 is 11.8 Å². The Balaban J connectivity index is 1.54. The second-order valence-electron chi connectivity index (χ2n) is 9.65. The zero-order chi connectivity index (χ0) is 32.8. The van der Waals surface area contributed by atoms with E-state index < -0.39 is 41.5 Å². The van der Waals surface area contributed by atoms with Crippen molar-refractivity contribution in [2.45, 2.75) is 41.7 Å². The number of thioether (sulfide) groups is 1. The summed E-state index contributed by atoms with van der Waals surface area (Å²) in [5, 5.41) is 13.8. The van der Waals surface area contributed by atoms with Gasteiger partial charge in [0.2, 0.25) is 0 Å². The molecule has 0 aliphatic heterocycles. The van der Waals surface area contributed by atoms with E-state index in [1.807, 2.05) is 0 Å². The van der Waals surface area contributed by atoms with E-state index in [4.69, 9.17) is 4.74 Å². The summed E-state index contributed by atoms with van der Waals surface area (Å²) in [4.78, 5) is -0.0829. The Labute approximate surface area is 255 Å². The van der Waals surface area contributed by atoms with Crippen LogP contribution in [0.4, 0.5) is 39.5 Å². The molecule has 2 unspecified atom stereocenters. The Hall–Kier alpha value is -3.88. The summed E-state index contributed by atoms with van der Waals surface area (Å²) in [5.74, 6) is -0.0643. The topological polar surface area (TPSA) is 50.7 Å². The molecule has 0 saturated carbocycles. The second kappa shape index (κ2) is 14.0. The Bertz CT molecular complexity index is 1540. The molecule has 14 heteroatoms. The maximum Gasteiger partial charge on any atom is 0.573 e. The van der Waals surface area contributed by atoms with Crippen LogP contribution in [0.3, 0.4) is 0 Å². The minimum absolute atomic E-state index is 0.0296. The quantitative estimate of drug-likeness (QED) is 0.124. The molecule has 4 rings (SSSR count). The van der Waals surface area contributed by atoms with Crippen LogP contribution in [0.1, 0.15) is 40.0 Å². The lowest BCUT2D eigenvalue weighted by Gasteiger charge is -2.23. The third-order valence-corrected chi connectivity index (χ3v) is 7.04. The molecule has 4 aromatic rings. The maximum absolute atomic E-state index is 13.1. The summed E-state index contributed by atoms with van der Waals surface area (Å²) in [7, 11) is 0. The Morgan fingerprint density at radius 1 is 0.689 bits per heavy atom. The molecule has 0 bridgehead atoms. The van der Waals surface area contributed by atoms with Crippen LogP contribution in [0.5, 0.6) is 11.5 Å². The van der Waals surface area contributed by atoms with Crippen LogP contribution in [-0.4, -0.2) is 23.5 Å². The second-order valence-corrected chi connectivity index (χ2v) is 10.8. The minimum atomic E-state index is -4.83. The number of ether oxygens (including phenoxy) is 2. The van der Waals surface area contributed by atoms with Crippen LogP contribution in [0.25, 0.3) is 0 Å². The monoisotopic (exact) mass is 661 g/mol. The Morgan fingerprint density at radius 2 is 1.31 bits per heavy atom. The van der Waals surface area contributed by atoms with E-state index in [0.717, 1.165) is 36.4 Å². The number of hydrogen-bond acceptors (Lipinski definition) is 5. The van der Waals surface area contributed by atoms with Crippen molar-refractivity contribution < 1.29 is 54.1 Å². The van der Waals surface area contributed by atoms with Crippen LogP contribution in [0, 0.1) is 0 Å². The molecule has 0 fully saturated rings. The maximum atomic E-state index is 13.1. The highest BCUT2D eigenvalue weighted by Gasteiger charge is 2.32. The number of aliphatic hydroxyl groups is 1. The smallest absolute Gasteiger partial charge is 0.489 e. The molecule has 0 aromatic heterocycles. The van der Waals surface area contributed by atoms with Crippen molar-refractivity contribution in [3.05, 3.63) is 125 Å². The SMILES string of the molecule is OC(CNC(c1cccc(OCc2ccc(OC(F)(F)F)cc2)c1)c1cccc(SC(F)(F)F)c1)c1ccc(C(F)(F)F)cc1. The van der Waals surface area contributed by atoms with E-state index in [1.165, 1.54) is 30.3 Å². The molecular formula is C31H24F9NO3S. The number of alkyl halides is 9. The van der Waals surface area contributed by atoms with Gasteiger partial charge in [0.15, 0.2) is 0 Å². The molecule has 4 nitrogen and oxygen atoms in total. The molecule has 0 saturated heterocycles. The molecule has 0 spiro atoms. The normalized spacial score (nSPS) is 13.7. The Morgan fingerprint density at radius 3 is 1.91 bits per heavy atom. The van der Waals surface area contributed by atoms with Gasteiger partial charge in [-0.3, -0.25) is 0 Å². The number of halogens is 9. The fraction of sp³-hybridized carbons (Fsp3) is 0.226. The van der Waals surface area contributed by atoms with Crippen molar-refractivity contribution >= 4 is 11.8 Å². The van der Waals surface area contributed by atoms with E-state index in [1.54, 1.807) is 30.3 Å². The Kier molecular flexibility index (Phi) is 10.6. The van der Waals surface area contributed by atoms with Gasteiger partial charge in [0.1, 0.15) is 18.1 Å². The molecule has 0 heterocycles. The first-order chi connectivity index (χ1) is 21.1. The lowest BCUT2D eigenvalue weighted by atomic mass is 9.97. The first-order valence-electron chi connectivity index (χ1n) is 13.1. The van der Waals surface area contributed by atoms with Crippen molar-refractivity contribution in [3.63, 3.8) is 0 Å². The number of rotatable bonds is 11. The third kappa shape index (κ3) is 10.6. The van der Waals surface area contributed by atoms with Crippen LogP contribution in [0.2, 0.25) is 0 Å². The van der Waals surface area contributed by atoms with Crippen LogP contribution in [-0.2, 0) is 12.8 Å². The van der Waals surface area contributed by atoms with Crippen molar-refractivity contribution in [2.75, 3.05) is 6.54 Å². The van der Waals surface area contributed by atoms with Gasteiger partial charge in [-0.2, -0.15) is 26.3 Å². The molecule has 0 radical (unpaired) electrons. The van der Waals surface area contributed by atoms with Gasteiger partial charge in [0.05, 0.1) is 17.7 Å². The molecule has 0 aliphatic carbocycles. The molecule has 2 N–H and O–H groups in total. The molecule has 240 valence electrons. The number of hydrogen-bond donors (Lipinski definition) is 2. The summed E-state index contributed by atoms with van der Waals surface area (Å²) in [5.41, 5.74) is -3.77. The van der Waals surface area contributed by atoms with Gasteiger partial charge >= 0.3 is 18.0 Å². The predicted molar refractivity (Wildman–Crippen MR) is 149 cm³/mol. The van der Waals surface area contributed by atoms with E-state index in [-0.39, 0.29) is 35.4 Å². The van der Waals surface area contributed by atoms with Gasteiger partial charge in [-0.25, -0.2) is 0 Å². The summed E-state index contributed by atoms with van der Waals surface area (Å²) in [6, 6.07) is 20.4. The van der Waals surface area contributed by atoms with E-state index in [2.05, 4.69) is 10.1 Å². The van der Waals surface area contributed by atoms with E-state index in [9.17, 15) is 44.6 Å². The lowest BCUT2D eigenvalue weighted by molar-refractivity contribution is -0.274. The summed E-state index contributed by atoms with van der Waals surface area (Å²) >= 11 is -0.300. The lowest BCUT2D eigenvalue weighted by Crippen LogP contribution is -2.27. The predicted octanol–water partition coefficient (Wildman–Crippen LogP) is 9.21. The summed E-state index contributed by atoms with van der Waals surface area (Å²) < 4.78 is 125. The van der Waals surface area contributed by atoms with Gasteiger partial charge in [0, 0.05) is 11.4 Å². The van der Waals surface area contributed by atoms with Gasteiger partial charge in [-0.15, -0.1) is 13.2 Å². The van der Waals surface area contributed by atoms with Crippen LogP contribution < -0.4 is 14.8 Å². The van der Waals surface area contributed by atoms with Crippen molar-refractivity contribution in [2.24, 2.45) is 0 Å². The van der Waals surface area contributed by atoms with Gasteiger partial charge in [0.25, 0.3) is 0 Å². The van der Waals surface area contributed by atoms with Crippen LogP contribution in [0.15, 0.2) is 102 Å². The largest absolute Gasteiger partial charge is 0.573 e. The fourth-order valence-corrected chi connectivity index (χ4v) is 4.91. The van der Waals surface area contributed by atoms with Gasteiger partial charge < -0.3 is 19.9 Å². The fourth-order valence-electron chi connectivity index (χ4n) is 4.30. The van der Waals surface area contributed by atoms with E-state index in [0.29, 0.717) is 22.4 Å². The minimum Gasteiger partial charge on any atom is -0.489 e. The van der Waals surface area contributed by atoms with E-state index >= 15 is 0 Å². The number of aliphatic hydroxyl groups excluding tert-OH is 1. The van der Waals surface area contributed by atoms with Crippen molar-refractivity contribution in [1.29, 1.82) is 0 Å². The first-order valence-corrected chi connectivity index (χ1v) is 13.9. The number of benzene rings is 4. The molecule has 0 aliphatic rings. The van der Waals surface area contributed by atoms with Crippen molar-refractivity contribution in [3.8, 4) is 11.5 Å². The number of nitrogens with one attached hydrogen (secondary N) is 1. The standard InChI is InChI=1S/C31H24F9NO3S/c32-29(33,34)23-11-9-20(10-12-23)27(42)17-41-28(22-4-2-6-26(16-22)45-31(38,39)40)21-3-1-5-25(15-21)43-18-19-7-13-24(14-8-19)44-30(35,36)37/h1-16,27-28,41-42H,17-18H2.